The Labute approximate surface area is 96.5 Å². The van der Waals surface area contributed by atoms with E-state index in [-0.39, 0.29) is 16.2 Å². The number of fused-ring (bicyclic) bond motifs is 1. The van der Waals surface area contributed by atoms with E-state index in [1.807, 2.05) is 0 Å². The molecule has 0 aliphatic heterocycles. The van der Waals surface area contributed by atoms with Crippen molar-refractivity contribution >= 4 is 42.1 Å². The first-order valence-corrected chi connectivity index (χ1v) is 5.60. The number of carbonyl (C=O) groups excluding carboxylic acids is 1. The van der Waals surface area contributed by atoms with E-state index in [1.54, 1.807) is 12.1 Å². The van der Waals surface area contributed by atoms with Crippen molar-refractivity contribution in [3.63, 3.8) is 0 Å². The fraction of sp³-hybridized carbons (Fsp3) is 0.111. The summed E-state index contributed by atoms with van der Waals surface area (Å²) in [4.78, 5) is 24.8. The minimum atomic E-state index is -0.373. The molecule has 0 spiro atoms. The van der Waals surface area contributed by atoms with E-state index in [0.717, 1.165) is 10.0 Å². The van der Waals surface area contributed by atoms with Gasteiger partial charge in [-0.3, -0.25) is 9.59 Å². The van der Waals surface area contributed by atoms with Crippen LogP contribution in [0.1, 0.15) is 16.1 Å². The van der Waals surface area contributed by atoms with Crippen LogP contribution < -0.4 is 5.56 Å². The first-order valence-electron chi connectivity index (χ1n) is 3.89. The number of H-pyrrole nitrogens is 1. The van der Waals surface area contributed by atoms with Crippen LogP contribution in [-0.4, -0.2) is 15.6 Å². The highest BCUT2D eigenvalue weighted by atomic mass is 79.9. The molecule has 1 aliphatic carbocycles. The van der Waals surface area contributed by atoms with Crippen molar-refractivity contribution in [1.29, 1.82) is 0 Å². The number of ketones is 1. The first kappa shape index (κ1) is 9.86. The van der Waals surface area contributed by atoms with Crippen molar-refractivity contribution < 1.29 is 4.79 Å². The first-order chi connectivity index (χ1) is 6.59. The number of rotatable bonds is 0. The highest BCUT2D eigenvalue weighted by Crippen LogP contribution is 2.31. The van der Waals surface area contributed by atoms with Crippen molar-refractivity contribution in [3.8, 4) is 0 Å². The van der Waals surface area contributed by atoms with E-state index in [4.69, 9.17) is 0 Å². The number of alkyl halides is 1. The molecule has 14 heavy (non-hydrogen) atoms. The molecule has 0 bridgehead atoms. The van der Waals surface area contributed by atoms with Crippen molar-refractivity contribution in [1.82, 2.24) is 4.98 Å². The molecule has 0 aromatic carbocycles. The maximum Gasteiger partial charge on any atom is 0.248 e. The normalized spacial score (nSPS) is 20.3. The summed E-state index contributed by atoms with van der Waals surface area (Å²) in [6.45, 7) is 0. The van der Waals surface area contributed by atoms with Crippen LogP contribution in [0.25, 0.3) is 4.48 Å². The van der Waals surface area contributed by atoms with Crippen molar-refractivity contribution in [2.75, 3.05) is 0 Å². The number of aromatic nitrogens is 1. The molecule has 1 atom stereocenters. The molecule has 0 amide bonds. The number of carbonyl (C=O) groups is 1. The molecule has 1 aliphatic rings. The monoisotopic (exact) mass is 317 g/mol. The molecule has 0 fully saturated rings. The minimum absolute atomic E-state index is 0.124. The fourth-order valence-electron chi connectivity index (χ4n) is 1.30. The summed E-state index contributed by atoms with van der Waals surface area (Å²) in [6.07, 6.45) is 1.75. The maximum atomic E-state index is 11.6. The zero-order valence-corrected chi connectivity index (χ0v) is 10.1. The lowest BCUT2D eigenvalue weighted by Crippen LogP contribution is -2.23. The topological polar surface area (TPSA) is 49.9 Å². The minimum Gasteiger partial charge on any atom is -0.319 e. The SMILES string of the molecule is O=C1c2[nH]c(=O)ccc2C(Br)=CC1Br. The van der Waals surface area contributed by atoms with Crippen LogP contribution in [0.3, 0.4) is 0 Å². The molecule has 0 saturated carbocycles. The molecule has 0 radical (unpaired) electrons. The molecular formula is C9H5Br2NO2. The molecule has 1 aromatic heterocycles. The highest BCUT2D eigenvalue weighted by molar-refractivity contribution is 9.15. The Kier molecular flexibility index (Phi) is 2.45. The number of halogens is 2. The third-order valence-corrected chi connectivity index (χ3v) is 3.34. The highest BCUT2D eigenvalue weighted by Gasteiger charge is 2.25. The number of nitrogens with one attached hydrogen (secondary N) is 1. The molecule has 0 saturated heterocycles. The van der Waals surface area contributed by atoms with Gasteiger partial charge in [-0.1, -0.05) is 31.9 Å². The molecule has 5 heteroatoms. The van der Waals surface area contributed by atoms with Gasteiger partial charge in [-0.15, -0.1) is 0 Å². The molecule has 2 rings (SSSR count). The second-order valence-electron chi connectivity index (χ2n) is 2.89. The van der Waals surface area contributed by atoms with E-state index in [0.29, 0.717) is 5.69 Å². The van der Waals surface area contributed by atoms with Gasteiger partial charge in [0.25, 0.3) is 0 Å². The number of hydrogen-bond donors (Lipinski definition) is 1. The van der Waals surface area contributed by atoms with Gasteiger partial charge in [-0.05, 0) is 12.1 Å². The van der Waals surface area contributed by atoms with Crippen LogP contribution in [0.15, 0.2) is 23.0 Å². The van der Waals surface area contributed by atoms with Gasteiger partial charge in [-0.25, -0.2) is 0 Å². The number of hydrogen-bond acceptors (Lipinski definition) is 2. The third kappa shape index (κ3) is 1.50. The quantitative estimate of drug-likeness (QED) is 0.744. The average Bonchev–Trinajstić information content (AvgIpc) is 2.14. The predicted molar refractivity (Wildman–Crippen MR) is 61.0 cm³/mol. The number of allylic oxidation sites excluding steroid dienone is 1. The van der Waals surface area contributed by atoms with Crippen LogP contribution >= 0.6 is 31.9 Å². The largest absolute Gasteiger partial charge is 0.319 e. The Bertz CT molecular complexity index is 490. The summed E-state index contributed by atoms with van der Waals surface area (Å²) >= 11 is 6.55. The molecule has 1 aromatic rings. The van der Waals surface area contributed by atoms with E-state index in [2.05, 4.69) is 36.8 Å². The lowest BCUT2D eigenvalue weighted by Gasteiger charge is -2.15. The van der Waals surface area contributed by atoms with Gasteiger partial charge in [0, 0.05) is 16.1 Å². The van der Waals surface area contributed by atoms with Gasteiger partial charge in [0.15, 0.2) is 5.78 Å². The van der Waals surface area contributed by atoms with Crippen LogP contribution in [0, 0.1) is 0 Å². The van der Waals surface area contributed by atoms with Gasteiger partial charge in [0.2, 0.25) is 5.56 Å². The molecule has 3 nitrogen and oxygen atoms in total. The maximum absolute atomic E-state index is 11.6. The van der Waals surface area contributed by atoms with Crippen molar-refractivity contribution in [2.24, 2.45) is 0 Å². The van der Waals surface area contributed by atoms with Crippen LogP contribution in [-0.2, 0) is 0 Å². The lowest BCUT2D eigenvalue weighted by molar-refractivity contribution is 0.0996. The summed E-state index contributed by atoms with van der Waals surface area (Å²) in [5.41, 5.74) is 0.818. The number of Topliss-reactive ketones (excluding diaryl/α,β-unsaturated/α-hetero) is 1. The Morgan fingerprint density at radius 2 is 2.00 bits per heavy atom. The average molecular weight is 319 g/mol. The van der Waals surface area contributed by atoms with Crippen LogP contribution in [0.4, 0.5) is 0 Å². The molecule has 1 unspecified atom stereocenters. The lowest BCUT2D eigenvalue weighted by atomic mass is 10.0. The van der Waals surface area contributed by atoms with Crippen LogP contribution in [0.5, 0.6) is 0 Å². The molecule has 1 heterocycles. The molecule has 72 valence electrons. The zero-order chi connectivity index (χ0) is 10.3. The summed E-state index contributed by atoms with van der Waals surface area (Å²) in [5, 5.41) is 0. The summed E-state index contributed by atoms with van der Waals surface area (Å²) in [7, 11) is 0. The van der Waals surface area contributed by atoms with Gasteiger partial charge >= 0.3 is 0 Å². The Morgan fingerprint density at radius 3 is 2.71 bits per heavy atom. The second kappa shape index (κ2) is 3.47. The van der Waals surface area contributed by atoms with Gasteiger partial charge in [0.05, 0.1) is 10.5 Å². The Balaban J connectivity index is 2.72. The standard InChI is InChI=1S/C9H5Br2NO2/c10-5-3-6(11)9(14)8-4(5)1-2-7(13)12-8/h1-3,6H,(H,12,13). The number of pyridine rings is 1. The summed E-state index contributed by atoms with van der Waals surface area (Å²) in [5.74, 6) is -0.124. The third-order valence-electron chi connectivity index (χ3n) is 1.97. The van der Waals surface area contributed by atoms with Gasteiger partial charge < -0.3 is 4.98 Å². The van der Waals surface area contributed by atoms with E-state index in [1.165, 1.54) is 6.07 Å². The molecular weight excluding hydrogens is 314 g/mol. The smallest absolute Gasteiger partial charge is 0.248 e. The van der Waals surface area contributed by atoms with Gasteiger partial charge in [0.1, 0.15) is 0 Å². The summed E-state index contributed by atoms with van der Waals surface area (Å²) in [6, 6.07) is 3.03. The number of aromatic amines is 1. The van der Waals surface area contributed by atoms with Crippen molar-refractivity contribution in [3.05, 3.63) is 39.8 Å². The zero-order valence-electron chi connectivity index (χ0n) is 6.88. The molecule has 1 N–H and O–H groups in total. The van der Waals surface area contributed by atoms with Crippen molar-refractivity contribution in [2.45, 2.75) is 4.83 Å². The van der Waals surface area contributed by atoms with Crippen LogP contribution in [0.2, 0.25) is 0 Å². The van der Waals surface area contributed by atoms with E-state index in [9.17, 15) is 9.59 Å². The Morgan fingerprint density at radius 1 is 1.29 bits per heavy atom. The van der Waals surface area contributed by atoms with Gasteiger partial charge in [-0.2, -0.15) is 0 Å². The van der Waals surface area contributed by atoms with E-state index >= 15 is 0 Å². The Hall–Kier alpha value is -0.680. The predicted octanol–water partition coefficient (Wildman–Crippen LogP) is 2.07. The van der Waals surface area contributed by atoms with E-state index < -0.39 is 0 Å². The fourth-order valence-corrected chi connectivity index (χ4v) is 2.74. The summed E-state index contributed by atoms with van der Waals surface area (Å²) < 4.78 is 0.810. The second-order valence-corrected chi connectivity index (χ2v) is 4.73.